The molecule has 0 spiro atoms. The molecule has 0 bridgehead atoms. The van der Waals surface area contributed by atoms with Crippen molar-refractivity contribution in [3.8, 4) is 0 Å². The van der Waals surface area contributed by atoms with Gasteiger partial charge in [-0.25, -0.2) is 0 Å². The van der Waals surface area contributed by atoms with Crippen molar-refractivity contribution in [3.05, 3.63) is 25.2 Å². The Morgan fingerprint density at radius 2 is 2.43 bits per heavy atom. The summed E-state index contributed by atoms with van der Waals surface area (Å²) in [6.45, 7) is 5.40. The second kappa shape index (κ2) is 5.28. The fraction of sp³-hybridized carbons (Fsp3) is 0.333. The first kappa shape index (κ1) is 6.28. The number of allylic oxidation sites excluding steroid dienone is 1. The summed E-state index contributed by atoms with van der Waals surface area (Å²) in [5, 5.41) is 0. The van der Waals surface area contributed by atoms with Crippen LogP contribution in [0.4, 0.5) is 0 Å². The molecule has 0 N–H and O–H groups in total. The number of ether oxygens (including phenoxy) is 1. The summed E-state index contributed by atoms with van der Waals surface area (Å²) in [7, 11) is 0. The summed E-state index contributed by atoms with van der Waals surface area (Å²) in [4.78, 5) is 0. The van der Waals surface area contributed by atoms with E-state index in [0.717, 1.165) is 6.42 Å². The van der Waals surface area contributed by atoms with Gasteiger partial charge in [-0.15, -0.1) is 0 Å². The van der Waals surface area contributed by atoms with Crippen LogP contribution in [0.5, 0.6) is 0 Å². The van der Waals surface area contributed by atoms with Crippen molar-refractivity contribution >= 4 is 0 Å². The van der Waals surface area contributed by atoms with Crippen molar-refractivity contribution in [1.29, 1.82) is 0 Å². The summed E-state index contributed by atoms with van der Waals surface area (Å²) in [6.07, 6.45) is 5.94. The van der Waals surface area contributed by atoms with E-state index < -0.39 is 0 Å². The first-order valence-corrected chi connectivity index (χ1v) is 2.33. The van der Waals surface area contributed by atoms with Crippen LogP contribution in [0.3, 0.4) is 0 Å². The third-order valence-corrected chi connectivity index (χ3v) is 0.507. The smallest absolute Gasteiger partial charge is 0.0861 e. The minimum Gasteiger partial charge on any atom is -0.474 e. The van der Waals surface area contributed by atoms with Gasteiger partial charge >= 0.3 is 0 Å². The van der Waals surface area contributed by atoms with Gasteiger partial charge in [0.25, 0.3) is 0 Å². The maximum Gasteiger partial charge on any atom is 0.0861 e. The number of hydrogen-bond acceptors (Lipinski definition) is 1. The van der Waals surface area contributed by atoms with Gasteiger partial charge < -0.3 is 4.74 Å². The van der Waals surface area contributed by atoms with Gasteiger partial charge in [0.2, 0.25) is 0 Å². The molecule has 0 aromatic carbocycles. The van der Waals surface area contributed by atoms with Gasteiger partial charge in [-0.1, -0.05) is 13.5 Å². The number of rotatable bonds is 3. The van der Waals surface area contributed by atoms with Crippen molar-refractivity contribution < 1.29 is 4.74 Å². The standard InChI is InChI=1S/C6H10O/c1-3-5-6-7-4-2/h4-6H,2-3H2,1H3/b6-5-. The summed E-state index contributed by atoms with van der Waals surface area (Å²) >= 11 is 0. The van der Waals surface area contributed by atoms with Gasteiger partial charge in [-0.05, 0) is 12.5 Å². The lowest BCUT2D eigenvalue weighted by molar-refractivity contribution is 0.403. The molecule has 1 nitrogen and oxygen atoms in total. The molecule has 40 valence electrons. The minimum absolute atomic E-state index is 1.01. The Morgan fingerprint density at radius 3 is 2.86 bits per heavy atom. The van der Waals surface area contributed by atoms with Crippen LogP contribution in [-0.2, 0) is 4.74 Å². The molecule has 0 radical (unpaired) electrons. The van der Waals surface area contributed by atoms with E-state index >= 15 is 0 Å². The van der Waals surface area contributed by atoms with Crippen molar-refractivity contribution in [2.45, 2.75) is 13.3 Å². The molecule has 0 heterocycles. The highest BCUT2D eigenvalue weighted by Crippen LogP contribution is 1.80. The molecular weight excluding hydrogens is 88.1 g/mol. The molecule has 0 saturated heterocycles. The first-order valence-electron chi connectivity index (χ1n) is 2.33. The van der Waals surface area contributed by atoms with Gasteiger partial charge in [0.15, 0.2) is 0 Å². The maximum atomic E-state index is 4.66. The summed E-state index contributed by atoms with van der Waals surface area (Å²) < 4.78 is 4.66. The number of hydrogen-bond donors (Lipinski definition) is 0. The topological polar surface area (TPSA) is 9.23 Å². The van der Waals surface area contributed by atoms with Crippen LogP contribution < -0.4 is 0 Å². The van der Waals surface area contributed by atoms with Gasteiger partial charge in [-0.2, -0.15) is 0 Å². The molecule has 0 aromatic rings. The Bertz CT molecular complexity index is 64.6. The Labute approximate surface area is 44.3 Å². The molecule has 0 atom stereocenters. The van der Waals surface area contributed by atoms with E-state index in [4.69, 9.17) is 0 Å². The molecule has 0 aliphatic heterocycles. The molecule has 0 aliphatic carbocycles. The van der Waals surface area contributed by atoms with E-state index in [0.29, 0.717) is 0 Å². The fourth-order valence-electron chi connectivity index (χ4n) is 0.207. The van der Waals surface area contributed by atoms with E-state index in [2.05, 4.69) is 11.3 Å². The molecular formula is C6H10O. The van der Waals surface area contributed by atoms with E-state index in [1.54, 1.807) is 6.26 Å². The quantitative estimate of drug-likeness (QED) is 0.491. The predicted octanol–water partition coefficient (Wildman–Crippen LogP) is 2.07. The molecule has 0 aromatic heterocycles. The molecule has 0 saturated carbocycles. The summed E-state index contributed by atoms with van der Waals surface area (Å²) in [6, 6.07) is 0. The van der Waals surface area contributed by atoms with E-state index in [1.165, 1.54) is 6.26 Å². The van der Waals surface area contributed by atoms with Crippen molar-refractivity contribution in [3.63, 3.8) is 0 Å². The molecule has 0 aliphatic rings. The Kier molecular flexibility index (Phi) is 4.74. The van der Waals surface area contributed by atoms with Crippen LogP contribution in [0.2, 0.25) is 0 Å². The van der Waals surface area contributed by atoms with Gasteiger partial charge in [0.1, 0.15) is 0 Å². The Balaban J connectivity index is 2.92. The van der Waals surface area contributed by atoms with Crippen LogP contribution in [-0.4, -0.2) is 0 Å². The van der Waals surface area contributed by atoms with Gasteiger partial charge in [-0.3, -0.25) is 0 Å². The SMILES string of the molecule is C=CO/C=C\CC. The largest absolute Gasteiger partial charge is 0.474 e. The van der Waals surface area contributed by atoms with Gasteiger partial charge in [0, 0.05) is 0 Å². The zero-order valence-corrected chi connectivity index (χ0v) is 4.55. The monoisotopic (exact) mass is 98.1 g/mol. The minimum atomic E-state index is 1.01. The van der Waals surface area contributed by atoms with Crippen LogP contribution in [0.15, 0.2) is 25.2 Å². The van der Waals surface area contributed by atoms with Crippen LogP contribution in [0.1, 0.15) is 13.3 Å². The Morgan fingerprint density at radius 1 is 1.71 bits per heavy atom. The van der Waals surface area contributed by atoms with E-state index in [9.17, 15) is 0 Å². The van der Waals surface area contributed by atoms with Gasteiger partial charge in [0.05, 0.1) is 12.5 Å². The fourth-order valence-corrected chi connectivity index (χ4v) is 0.207. The van der Waals surface area contributed by atoms with Crippen molar-refractivity contribution in [1.82, 2.24) is 0 Å². The molecule has 7 heavy (non-hydrogen) atoms. The average Bonchev–Trinajstić information content (AvgIpc) is 1.69. The molecule has 1 heteroatoms. The Hall–Kier alpha value is -0.720. The predicted molar refractivity (Wildman–Crippen MR) is 30.7 cm³/mol. The normalized spacial score (nSPS) is 9.29. The molecule has 0 amide bonds. The third kappa shape index (κ3) is 5.28. The highest BCUT2D eigenvalue weighted by Gasteiger charge is 1.61. The highest BCUT2D eigenvalue weighted by atomic mass is 16.5. The lowest BCUT2D eigenvalue weighted by Gasteiger charge is -1.82. The second-order valence-corrected chi connectivity index (χ2v) is 1.08. The van der Waals surface area contributed by atoms with Crippen molar-refractivity contribution in [2.24, 2.45) is 0 Å². The lowest BCUT2D eigenvalue weighted by Crippen LogP contribution is -1.59. The average molecular weight is 98.1 g/mol. The third-order valence-electron chi connectivity index (χ3n) is 0.507. The summed E-state index contributed by atoms with van der Waals surface area (Å²) in [5.41, 5.74) is 0. The van der Waals surface area contributed by atoms with Crippen LogP contribution >= 0.6 is 0 Å². The molecule has 0 unspecified atom stereocenters. The lowest BCUT2D eigenvalue weighted by atomic mass is 10.5. The van der Waals surface area contributed by atoms with Crippen LogP contribution in [0, 0.1) is 0 Å². The van der Waals surface area contributed by atoms with E-state index in [1.807, 2.05) is 13.0 Å². The van der Waals surface area contributed by atoms with E-state index in [-0.39, 0.29) is 0 Å². The second-order valence-electron chi connectivity index (χ2n) is 1.08. The van der Waals surface area contributed by atoms with Crippen molar-refractivity contribution in [2.75, 3.05) is 0 Å². The van der Waals surface area contributed by atoms with Crippen LogP contribution in [0.25, 0.3) is 0 Å². The maximum absolute atomic E-state index is 4.66. The first-order chi connectivity index (χ1) is 3.41. The highest BCUT2D eigenvalue weighted by molar-refractivity contribution is 4.72. The zero-order chi connectivity index (χ0) is 5.54. The summed E-state index contributed by atoms with van der Waals surface area (Å²) in [5.74, 6) is 0. The zero-order valence-electron chi connectivity index (χ0n) is 4.55. The molecule has 0 rings (SSSR count). The molecule has 0 fully saturated rings.